The summed E-state index contributed by atoms with van der Waals surface area (Å²) in [6.45, 7) is 0.844. The van der Waals surface area contributed by atoms with Crippen LogP contribution in [0.25, 0.3) is 16.6 Å². The molecule has 0 saturated heterocycles. The number of anilines is 1. The molecular formula is C24H23N5O3. The average molecular weight is 429 g/mol. The Morgan fingerprint density at radius 1 is 1.06 bits per heavy atom. The number of aromatic carboxylic acids is 1. The first-order valence-electron chi connectivity index (χ1n) is 10.3. The fourth-order valence-corrected chi connectivity index (χ4v) is 3.54. The fourth-order valence-electron chi connectivity index (χ4n) is 3.54. The highest BCUT2D eigenvalue weighted by molar-refractivity contribution is 5.91. The van der Waals surface area contributed by atoms with Crippen LogP contribution in [0, 0.1) is 0 Å². The zero-order valence-corrected chi connectivity index (χ0v) is 17.4. The molecule has 0 atom stereocenters. The van der Waals surface area contributed by atoms with Gasteiger partial charge in [0.05, 0.1) is 34.4 Å². The van der Waals surface area contributed by atoms with E-state index in [4.69, 9.17) is 15.8 Å². The van der Waals surface area contributed by atoms with E-state index in [9.17, 15) is 9.59 Å². The van der Waals surface area contributed by atoms with Crippen molar-refractivity contribution in [2.24, 2.45) is 5.73 Å². The maximum absolute atomic E-state index is 13.6. The SMILES string of the molecule is NCCCc1nc2cccc(NCc3ccc(C(=O)O)cn3)c2c(=O)n1-c1ccccc1. The molecule has 162 valence electrons. The van der Waals surface area contributed by atoms with E-state index in [0.29, 0.717) is 47.6 Å². The third-order valence-electron chi connectivity index (χ3n) is 5.12. The summed E-state index contributed by atoms with van der Waals surface area (Å²) in [5, 5.41) is 12.8. The minimum Gasteiger partial charge on any atom is -0.478 e. The van der Waals surface area contributed by atoms with Crippen LogP contribution in [0.3, 0.4) is 0 Å². The minimum atomic E-state index is -1.02. The third kappa shape index (κ3) is 4.35. The van der Waals surface area contributed by atoms with Crippen LogP contribution in [0.2, 0.25) is 0 Å². The first-order chi connectivity index (χ1) is 15.6. The summed E-state index contributed by atoms with van der Waals surface area (Å²) in [5.74, 6) is -0.355. The van der Waals surface area contributed by atoms with Crippen molar-refractivity contribution >= 4 is 22.6 Å². The molecule has 0 aliphatic carbocycles. The molecule has 32 heavy (non-hydrogen) atoms. The Balaban J connectivity index is 1.75. The van der Waals surface area contributed by atoms with E-state index >= 15 is 0 Å². The van der Waals surface area contributed by atoms with E-state index in [-0.39, 0.29) is 11.1 Å². The van der Waals surface area contributed by atoms with Crippen molar-refractivity contribution in [2.75, 3.05) is 11.9 Å². The molecule has 0 radical (unpaired) electrons. The number of carboxylic acids is 1. The van der Waals surface area contributed by atoms with Crippen molar-refractivity contribution < 1.29 is 9.90 Å². The molecule has 4 aromatic rings. The highest BCUT2D eigenvalue weighted by atomic mass is 16.4. The number of para-hydroxylation sites is 1. The summed E-state index contributed by atoms with van der Waals surface area (Å²) < 4.78 is 1.64. The number of nitrogens with zero attached hydrogens (tertiary/aromatic N) is 3. The number of hydrogen-bond donors (Lipinski definition) is 3. The van der Waals surface area contributed by atoms with E-state index in [1.165, 1.54) is 12.3 Å². The molecule has 0 amide bonds. The number of rotatable bonds is 8. The van der Waals surface area contributed by atoms with Crippen LogP contribution in [0.4, 0.5) is 5.69 Å². The van der Waals surface area contributed by atoms with Gasteiger partial charge < -0.3 is 16.2 Å². The quantitative estimate of drug-likeness (QED) is 0.393. The highest BCUT2D eigenvalue weighted by Crippen LogP contribution is 2.21. The van der Waals surface area contributed by atoms with Gasteiger partial charge in [0.15, 0.2) is 0 Å². The summed E-state index contributed by atoms with van der Waals surface area (Å²) in [4.78, 5) is 33.6. The van der Waals surface area contributed by atoms with Crippen molar-refractivity contribution in [1.82, 2.24) is 14.5 Å². The summed E-state index contributed by atoms with van der Waals surface area (Å²) in [7, 11) is 0. The van der Waals surface area contributed by atoms with Crippen molar-refractivity contribution in [3.8, 4) is 5.69 Å². The maximum Gasteiger partial charge on any atom is 0.337 e. The molecule has 0 bridgehead atoms. The minimum absolute atomic E-state index is 0.124. The Bertz CT molecular complexity index is 1300. The largest absolute Gasteiger partial charge is 0.478 e. The number of aromatic nitrogens is 3. The molecule has 2 heterocycles. The van der Waals surface area contributed by atoms with Crippen molar-refractivity contribution in [1.29, 1.82) is 0 Å². The molecule has 4 rings (SSSR count). The molecule has 0 aliphatic rings. The second-order valence-electron chi connectivity index (χ2n) is 7.29. The lowest BCUT2D eigenvalue weighted by Crippen LogP contribution is -2.25. The van der Waals surface area contributed by atoms with Crippen LogP contribution >= 0.6 is 0 Å². The van der Waals surface area contributed by atoms with Crippen molar-refractivity contribution in [3.63, 3.8) is 0 Å². The van der Waals surface area contributed by atoms with Crippen molar-refractivity contribution in [2.45, 2.75) is 19.4 Å². The smallest absolute Gasteiger partial charge is 0.337 e. The van der Waals surface area contributed by atoms with Crippen molar-refractivity contribution in [3.05, 3.63) is 94.3 Å². The Hall–Kier alpha value is -4.04. The summed E-state index contributed by atoms with van der Waals surface area (Å²) >= 11 is 0. The lowest BCUT2D eigenvalue weighted by molar-refractivity contribution is 0.0696. The van der Waals surface area contributed by atoms with Gasteiger partial charge in [-0.2, -0.15) is 0 Å². The zero-order chi connectivity index (χ0) is 22.5. The molecule has 4 N–H and O–H groups in total. The molecule has 0 unspecified atom stereocenters. The van der Waals surface area contributed by atoms with Gasteiger partial charge in [-0.25, -0.2) is 9.78 Å². The molecule has 2 aromatic heterocycles. The lowest BCUT2D eigenvalue weighted by atomic mass is 10.1. The second kappa shape index (κ2) is 9.40. The predicted octanol–water partition coefficient (Wildman–Crippen LogP) is 2.98. The Morgan fingerprint density at radius 3 is 2.56 bits per heavy atom. The van der Waals surface area contributed by atoms with Gasteiger partial charge in [0.1, 0.15) is 5.82 Å². The molecular weight excluding hydrogens is 406 g/mol. The monoisotopic (exact) mass is 429 g/mol. The topological polar surface area (TPSA) is 123 Å². The Kier molecular flexibility index (Phi) is 6.23. The number of benzene rings is 2. The van der Waals surface area contributed by atoms with Crippen LogP contribution in [-0.4, -0.2) is 32.2 Å². The summed E-state index contributed by atoms with van der Waals surface area (Å²) in [6.07, 6.45) is 2.63. The average Bonchev–Trinajstić information content (AvgIpc) is 2.82. The number of nitrogens with one attached hydrogen (secondary N) is 1. The number of carbonyl (C=O) groups is 1. The van der Waals surface area contributed by atoms with E-state index in [2.05, 4.69) is 10.3 Å². The number of fused-ring (bicyclic) bond motifs is 1. The van der Waals surface area contributed by atoms with E-state index < -0.39 is 5.97 Å². The van der Waals surface area contributed by atoms with Gasteiger partial charge in [-0.05, 0) is 49.4 Å². The van der Waals surface area contributed by atoms with Gasteiger partial charge in [0.2, 0.25) is 0 Å². The first-order valence-corrected chi connectivity index (χ1v) is 10.3. The van der Waals surface area contributed by atoms with Crippen LogP contribution in [0.5, 0.6) is 0 Å². The van der Waals surface area contributed by atoms with Crippen LogP contribution in [0.15, 0.2) is 71.7 Å². The van der Waals surface area contributed by atoms with E-state index in [1.807, 2.05) is 48.5 Å². The lowest BCUT2D eigenvalue weighted by Gasteiger charge is -2.16. The second-order valence-corrected chi connectivity index (χ2v) is 7.29. The van der Waals surface area contributed by atoms with E-state index in [1.54, 1.807) is 10.6 Å². The molecule has 0 aliphatic heterocycles. The fraction of sp³-hybridized carbons (Fsp3) is 0.167. The number of aryl methyl sites for hydroxylation is 1. The first kappa shape index (κ1) is 21.2. The normalized spacial score (nSPS) is 10.9. The molecule has 8 nitrogen and oxygen atoms in total. The Labute approximate surface area is 184 Å². The molecule has 0 spiro atoms. The van der Waals surface area contributed by atoms with Gasteiger partial charge in [-0.1, -0.05) is 24.3 Å². The number of carboxylic acid groups (broad SMARTS) is 1. The summed E-state index contributed by atoms with van der Waals surface area (Å²) in [6, 6.07) is 18.1. The van der Waals surface area contributed by atoms with Gasteiger partial charge in [0.25, 0.3) is 5.56 Å². The Morgan fingerprint density at radius 2 is 1.88 bits per heavy atom. The standard InChI is InChI=1S/C24H23N5O3/c25-13-5-10-21-28-20-9-4-8-19(27-15-17-12-11-16(14-26-17)24(31)32)22(20)23(30)29(21)18-6-2-1-3-7-18/h1-4,6-9,11-12,14,27H,5,10,13,15,25H2,(H,31,32). The van der Waals surface area contributed by atoms with Gasteiger partial charge in [0, 0.05) is 18.3 Å². The van der Waals surface area contributed by atoms with Crippen LogP contribution in [0.1, 0.15) is 28.3 Å². The molecule has 0 fully saturated rings. The third-order valence-corrected chi connectivity index (χ3v) is 5.12. The van der Waals surface area contributed by atoms with Crippen LogP contribution in [-0.2, 0) is 13.0 Å². The predicted molar refractivity (Wildman–Crippen MR) is 123 cm³/mol. The van der Waals surface area contributed by atoms with Gasteiger partial charge in [-0.3, -0.25) is 14.3 Å². The molecule has 8 heteroatoms. The number of pyridine rings is 1. The maximum atomic E-state index is 13.6. The van der Waals surface area contributed by atoms with E-state index in [0.717, 1.165) is 12.1 Å². The molecule has 2 aromatic carbocycles. The number of nitrogens with two attached hydrogens (primary N) is 1. The highest BCUT2D eigenvalue weighted by Gasteiger charge is 2.15. The van der Waals surface area contributed by atoms with Crippen LogP contribution < -0.4 is 16.6 Å². The summed E-state index contributed by atoms with van der Waals surface area (Å²) in [5.41, 5.74) is 8.31. The number of hydrogen-bond acceptors (Lipinski definition) is 6. The van der Waals surface area contributed by atoms with Gasteiger partial charge >= 0.3 is 5.97 Å². The molecule has 0 saturated carbocycles. The van der Waals surface area contributed by atoms with Gasteiger partial charge in [-0.15, -0.1) is 0 Å². The zero-order valence-electron chi connectivity index (χ0n) is 17.4.